The van der Waals surface area contributed by atoms with E-state index in [2.05, 4.69) is 10.2 Å². The molecule has 1 atom stereocenters. The number of ether oxygens (including phenoxy) is 1. The van der Waals surface area contributed by atoms with Crippen LogP contribution >= 0.6 is 11.8 Å². The van der Waals surface area contributed by atoms with Gasteiger partial charge in [0.25, 0.3) is 11.0 Å². The molecule has 2 aromatic rings. The van der Waals surface area contributed by atoms with E-state index in [9.17, 15) is 24.5 Å². The maximum Gasteiger partial charge on any atom is 0.329 e. The van der Waals surface area contributed by atoms with Crippen LogP contribution in [0.25, 0.3) is 0 Å². The van der Waals surface area contributed by atoms with Gasteiger partial charge in [0.15, 0.2) is 0 Å². The zero-order valence-electron chi connectivity index (χ0n) is 16.1. The Kier molecular flexibility index (Phi) is 8.82. The Bertz CT molecular complexity index is 888. The lowest BCUT2D eigenvalue weighted by Gasteiger charge is -2.16. The number of esters is 1. The molecule has 0 aliphatic heterocycles. The summed E-state index contributed by atoms with van der Waals surface area (Å²) in [6.45, 7) is 1.57. The normalized spacial score (nSPS) is 11.2. The fourth-order valence-electron chi connectivity index (χ4n) is 2.35. The summed E-state index contributed by atoms with van der Waals surface area (Å²) < 4.78 is 4.99. The van der Waals surface area contributed by atoms with Crippen LogP contribution < -0.4 is 5.32 Å². The van der Waals surface area contributed by atoms with Crippen molar-refractivity contribution in [3.8, 4) is 0 Å². The molecular weight excluding hydrogens is 412 g/mol. The first-order chi connectivity index (χ1) is 14.4. The van der Waals surface area contributed by atoms with Crippen molar-refractivity contribution in [1.82, 2.24) is 5.32 Å². The van der Waals surface area contributed by atoms with Gasteiger partial charge < -0.3 is 14.9 Å². The first-order valence-electron chi connectivity index (χ1n) is 8.96. The number of hydrogen-bond donors (Lipinski definition) is 1. The third-order valence-corrected chi connectivity index (χ3v) is 4.82. The van der Waals surface area contributed by atoms with Gasteiger partial charge >= 0.3 is 5.97 Å². The van der Waals surface area contributed by atoms with Crippen LogP contribution in [-0.2, 0) is 21.0 Å². The molecule has 10 heteroatoms. The molecule has 30 heavy (non-hydrogen) atoms. The number of nitrogens with one attached hydrogen (secondary N) is 1. The van der Waals surface area contributed by atoms with Gasteiger partial charge in [-0.2, -0.15) is 0 Å². The Balaban J connectivity index is 1.98. The summed E-state index contributed by atoms with van der Waals surface area (Å²) in [7, 11) is 0. The summed E-state index contributed by atoms with van der Waals surface area (Å²) in [4.78, 5) is 51.5. The van der Waals surface area contributed by atoms with Crippen molar-refractivity contribution in [2.24, 2.45) is 0 Å². The number of nitrogens with zero attached hydrogens (tertiary/aromatic N) is 1. The van der Waals surface area contributed by atoms with E-state index >= 15 is 0 Å². The summed E-state index contributed by atoms with van der Waals surface area (Å²) in [5.74, 6) is -1.09. The second kappa shape index (κ2) is 11.6. The smallest absolute Gasteiger partial charge is 0.329 e. The van der Waals surface area contributed by atoms with E-state index in [4.69, 9.17) is 4.74 Å². The lowest BCUT2D eigenvalue weighted by molar-refractivity contribution is -0.763. The fourth-order valence-corrected chi connectivity index (χ4v) is 3.19. The van der Waals surface area contributed by atoms with Gasteiger partial charge in [-0.3, -0.25) is 9.59 Å². The highest BCUT2D eigenvalue weighted by Crippen LogP contribution is 2.16. The Hall–Kier alpha value is -3.40. The van der Waals surface area contributed by atoms with Crippen molar-refractivity contribution in [3.05, 3.63) is 81.4 Å². The number of thioether (sulfide) groups is 1. The fraction of sp³-hybridized carbons (Fsp3) is 0.250. The van der Waals surface area contributed by atoms with E-state index in [1.807, 2.05) is 0 Å². The minimum atomic E-state index is -1.00. The first kappa shape index (κ1) is 22.9. The first-order valence-corrected chi connectivity index (χ1v) is 9.95. The average molecular weight is 432 g/mol. The monoisotopic (exact) mass is 432 g/mol. The minimum Gasteiger partial charge on any atom is -0.464 e. The molecule has 0 heterocycles. The lowest BCUT2D eigenvalue weighted by atomic mass is 10.2. The molecule has 0 spiro atoms. The Morgan fingerprint density at radius 1 is 1.07 bits per heavy atom. The van der Waals surface area contributed by atoms with E-state index in [0.29, 0.717) is 16.7 Å². The highest BCUT2D eigenvalue weighted by molar-refractivity contribution is 8.14. The van der Waals surface area contributed by atoms with Crippen LogP contribution in [0, 0.1) is 10.1 Å². The van der Waals surface area contributed by atoms with Crippen LogP contribution in [0.5, 0.6) is 0 Å². The number of carbonyl (C=O) groups excluding carboxylic acids is 3. The number of amides is 1. The maximum absolute atomic E-state index is 12.4. The SMILES string of the molecule is CCOC(=O)[C@H](CSC(=O)c1ccc(CO[N+](=O)[O-])cc1)NC(=O)c1ccccc1. The van der Waals surface area contributed by atoms with Gasteiger partial charge in [0.05, 0.1) is 6.61 Å². The van der Waals surface area contributed by atoms with Gasteiger partial charge in [0.2, 0.25) is 5.12 Å². The minimum absolute atomic E-state index is 0.0115. The van der Waals surface area contributed by atoms with Crippen molar-refractivity contribution in [2.45, 2.75) is 19.6 Å². The summed E-state index contributed by atoms with van der Waals surface area (Å²) in [5, 5.41) is 11.6. The molecule has 2 rings (SSSR count). The third-order valence-electron chi connectivity index (χ3n) is 3.82. The van der Waals surface area contributed by atoms with E-state index < -0.39 is 23.0 Å². The molecular formula is C20H20N2O7S. The van der Waals surface area contributed by atoms with Gasteiger partial charge in [-0.15, -0.1) is 10.1 Å². The summed E-state index contributed by atoms with van der Waals surface area (Å²) in [5.41, 5.74) is 1.27. The second-order valence-electron chi connectivity index (χ2n) is 5.94. The topological polar surface area (TPSA) is 125 Å². The van der Waals surface area contributed by atoms with Crippen LogP contribution in [0.1, 0.15) is 33.2 Å². The molecule has 158 valence electrons. The standard InChI is InChI=1S/C20H20N2O7S/c1-2-28-19(24)17(21-18(23)15-6-4-3-5-7-15)13-30-20(25)16-10-8-14(9-11-16)12-29-22(26)27/h3-11,17H,2,12-13H2,1H3,(H,21,23)/t17-/m0/s1. The Morgan fingerprint density at radius 3 is 2.33 bits per heavy atom. The van der Waals surface area contributed by atoms with Gasteiger partial charge in [0.1, 0.15) is 12.6 Å². The predicted molar refractivity (Wildman–Crippen MR) is 109 cm³/mol. The van der Waals surface area contributed by atoms with Crippen molar-refractivity contribution in [2.75, 3.05) is 12.4 Å². The zero-order valence-corrected chi connectivity index (χ0v) is 16.9. The molecule has 0 unspecified atom stereocenters. The molecule has 9 nitrogen and oxygen atoms in total. The molecule has 1 N–H and O–H groups in total. The summed E-state index contributed by atoms with van der Waals surface area (Å²) >= 11 is 0.859. The van der Waals surface area contributed by atoms with Crippen LogP contribution in [0.2, 0.25) is 0 Å². The lowest BCUT2D eigenvalue weighted by Crippen LogP contribution is -2.43. The number of rotatable bonds is 10. The highest BCUT2D eigenvalue weighted by atomic mass is 32.2. The number of carbonyl (C=O) groups is 3. The second-order valence-corrected chi connectivity index (χ2v) is 6.93. The van der Waals surface area contributed by atoms with Crippen LogP contribution in [-0.4, -0.2) is 40.5 Å². The van der Waals surface area contributed by atoms with E-state index in [1.165, 1.54) is 24.3 Å². The maximum atomic E-state index is 12.4. The van der Waals surface area contributed by atoms with E-state index in [0.717, 1.165) is 11.8 Å². The quantitative estimate of drug-likeness (QED) is 0.345. The van der Waals surface area contributed by atoms with Gasteiger partial charge in [-0.05, 0) is 24.6 Å². The van der Waals surface area contributed by atoms with Gasteiger partial charge in [-0.25, -0.2) is 4.79 Å². The number of benzene rings is 2. The largest absolute Gasteiger partial charge is 0.464 e. The average Bonchev–Trinajstić information content (AvgIpc) is 2.75. The number of hydrogen-bond acceptors (Lipinski definition) is 8. The summed E-state index contributed by atoms with van der Waals surface area (Å²) in [6, 6.07) is 13.5. The molecule has 0 bridgehead atoms. The van der Waals surface area contributed by atoms with E-state index in [-0.39, 0.29) is 24.1 Å². The third kappa shape index (κ3) is 7.21. The molecule has 1 amide bonds. The molecule has 0 saturated heterocycles. The van der Waals surface area contributed by atoms with Crippen molar-refractivity contribution in [3.63, 3.8) is 0 Å². The highest BCUT2D eigenvalue weighted by Gasteiger charge is 2.24. The molecule has 0 aromatic heterocycles. The van der Waals surface area contributed by atoms with Crippen molar-refractivity contribution in [1.29, 1.82) is 0 Å². The van der Waals surface area contributed by atoms with Crippen molar-refractivity contribution < 1.29 is 29.0 Å². The van der Waals surface area contributed by atoms with Crippen molar-refractivity contribution >= 4 is 28.8 Å². The molecule has 0 aliphatic rings. The molecule has 0 fully saturated rings. The Labute approximate surface area is 176 Å². The van der Waals surface area contributed by atoms with Gasteiger partial charge in [0, 0.05) is 16.9 Å². The van der Waals surface area contributed by atoms with Crippen LogP contribution in [0.4, 0.5) is 0 Å². The zero-order chi connectivity index (χ0) is 21.9. The van der Waals surface area contributed by atoms with E-state index in [1.54, 1.807) is 37.3 Å². The van der Waals surface area contributed by atoms with Gasteiger partial charge in [-0.1, -0.05) is 54.2 Å². The van der Waals surface area contributed by atoms with Crippen LogP contribution in [0.15, 0.2) is 54.6 Å². The van der Waals surface area contributed by atoms with Crippen LogP contribution in [0.3, 0.4) is 0 Å². The molecule has 2 aromatic carbocycles. The molecule has 0 radical (unpaired) electrons. The molecule has 0 saturated carbocycles. The predicted octanol–water partition coefficient (Wildman–Crippen LogP) is 2.63. The molecule has 0 aliphatic carbocycles. The Morgan fingerprint density at radius 2 is 1.73 bits per heavy atom. The summed E-state index contributed by atoms with van der Waals surface area (Å²) in [6.07, 6.45) is 0.